The summed E-state index contributed by atoms with van der Waals surface area (Å²) in [7, 11) is 1.58. The average molecular weight is 460 g/mol. The summed E-state index contributed by atoms with van der Waals surface area (Å²) >= 11 is 3.47. The number of hydrogen-bond acceptors (Lipinski definition) is 3. The second kappa shape index (κ2) is 7.75. The van der Waals surface area contributed by atoms with Gasteiger partial charge in [-0.3, -0.25) is 5.41 Å². The van der Waals surface area contributed by atoms with Gasteiger partial charge in [0.15, 0.2) is 0 Å². The van der Waals surface area contributed by atoms with E-state index >= 15 is 0 Å². The quantitative estimate of drug-likeness (QED) is 0.453. The van der Waals surface area contributed by atoms with Crippen LogP contribution in [0.4, 0.5) is 14.5 Å². The third-order valence-corrected chi connectivity index (χ3v) is 5.06. The largest absolute Gasteiger partial charge is 0.493 e. The van der Waals surface area contributed by atoms with Crippen molar-refractivity contribution in [1.82, 2.24) is 9.78 Å². The van der Waals surface area contributed by atoms with E-state index in [1.807, 2.05) is 18.2 Å². The minimum absolute atomic E-state index is 0.115. The second-order valence-electron chi connectivity index (χ2n) is 6.40. The Morgan fingerprint density at radius 1 is 1.31 bits per heavy atom. The average Bonchev–Trinajstić information content (AvgIpc) is 3.03. The zero-order valence-electron chi connectivity index (χ0n) is 15.4. The number of nitrogens with one attached hydrogen (secondary N) is 1. The molecule has 1 aliphatic rings. The highest BCUT2D eigenvalue weighted by atomic mass is 79.9. The lowest BCUT2D eigenvalue weighted by Crippen LogP contribution is -2.34. The monoisotopic (exact) mass is 459 g/mol. The second-order valence-corrected chi connectivity index (χ2v) is 7.32. The van der Waals surface area contributed by atoms with Gasteiger partial charge in [-0.15, -0.1) is 0 Å². The molecule has 4 rings (SSSR count). The Labute approximate surface area is 174 Å². The third-order valence-electron chi connectivity index (χ3n) is 4.57. The van der Waals surface area contributed by atoms with Crippen LogP contribution in [-0.2, 0) is 6.42 Å². The van der Waals surface area contributed by atoms with Crippen molar-refractivity contribution in [2.45, 2.75) is 6.42 Å². The van der Waals surface area contributed by atoms with Crippen LogP contribution in [-0.4, -0.2) is 35.7 Å². The summed E-state index contributed by atoms with van der Waals surface area (Å²) in [5.74, 6) is -0.475. The zero-order valence-corrected chi connectivity index (χ0v) is 17.0. The number of benzene rings is 2. The fourth-order valence-electron chi connectivity index (χ4n) is 3.22. The Hall–Kier alpha value is -3.07. The van der Waals surface area contributed by atoms with E-state index in [9.17, 15) is 8.78 Å². The van der Waals surface area contributed by atoms with E-state index in [0.29, 0.717) is 13.0 Å². The summed E-state index contributed by atoms with van der Waals surface area (Å²) in [6.45, 7) is 0.493. The predicted octanol–water partition coefficient (Wildman–Crippen LogP) is 4.47. The van der Waals surface area contributed by atoms with Crippen LogP contribution >= 0.6 is 15.9 Å². The fourth-order valence-corrected chi connectivity index (χ4v) is 3.59. The number of aromatic nitrogens is 2. The standard InChI is InChI=1S/C20H16BrF2N5O/c1-27(17-4-3-14(22)9-16(17)23)20(25-11-24)28-10-12-6-7-29-18-5-2-13(21)8-15(18)19(12)26-28/h2-5,8-11,24H,6-7H2,1H3. The number of halogens is 3. The first-order valence-corrected chi connectivity index (χ1v) is 9.54. The minimum atomic E-state index is -0.735. The van der Waals surface area contributed by atoms with Crippen LogP contribution in [0.3, 0.4) is 0 Å². The maximum atomic E-state index is 14.3. The van der Waals surface area contributed by atoms with Gasteiger partial charge >= 0.3 is 0 Å². The Bertz CT molecular complexity index is 1130. The number of anilines is 1. The van der Waals surface area contributed by atoms with Crippen LogP contribution in [0.25, 0.3) is 11.3 Å². The molecule has 2 heterocycles. The Morgan fingerprint density at radius 3 is 2.90 bits per heavy atom. The Balaban J connectivity index is 1.81. The van der Waals surface area contributed by atoms with Gasteiger partial charge in [0, 0.05) is 41.3 Å². The van der Waals surface area contributed by atoms with Crippen LogP contribution < -0.4 is 9.64 Å². The van der Waals surface area contributed by atoms with Gasteiger partial charge in [0.05, 0.1) is 18.0 Å². The Morgan fingerprint density at radius 2 is 2.14 bits per heavy atom. The zero-order chi connectivity index (χ0) is 20.5. The molecule has 0 radical (unpaired) electrons. The van der Waals surface area contributed by atoms with Gasteiger partial charge in [0.2, 0.25) is 5.96 Å². The van der Waals surface area contributed by atoms with E-state index < -0.39 is 11.6 Å². The predicted molar refractivity (Wildman–Crippen MR) is 111 cm³/mol. The molecule has 9 heteroatoms. The van der Waals surface area contributed by atoms with Crippen molar-refractivity contribution in [2.75, 3.05) is 18.6 Å². The molecule has 0 aliphatic carbocycles. The molecular weight excluding hydrogens is 444 g/mol. The summed E-state index contributed by atoms with van der Waals surface area (Å²) < 4.78 is 35.8. The highest BCUT2D eigenvalue weighted by molar-refractivity contribution is 9.10. The van der Waals surface area contributed by atoms with Crippen LogP contribution in [0.5, 0.6) is 5.75 Å². The van der Waals surface area contributed by atoms with Crippen molar-refractivity contribution in [1.29, 1.82) is 5.41 Å². The smallest absolute Gasteiger partial charge is 0.232 e. The van der Waals surface area contributed by atoms with Gasteiger partial charge in [-0.1, -0.05) is 15.9 Å². The molecule has 0 saturated carbocycles. The number of rotatable bonds is 2. The highest BCUT2D eigenvalue weighted by Crippen LogP contribution is 2.36. The van der Waals surface area contributed by atoms with Gasteiger partial charge in [-0.2, -0.15) is 5.10 Å². The molecule has 0 fully saturated rings. The van der Waals surface area contributed by atoms with Gasteiger partial charge in [0.1, 0.15) is 23.7 Å². The molecule has 6 nitrogen and oxygen atoms in total. The first kappa shape index (κ1) is 19.3. The van der Waals surface area contributed by atoms with Crippen molar-refractivity contribution < 1.29 is 13.5 Å². The third kappa shape index (κ3) is 3.65. The molecule has 0 bridgehead atoms. The Kier molecular flexibility index (Phi) is 5.14. The maximum absolute atomic E-state index is 14.3. The van der Waals surface area contributed by atoms with E-state index in [1.165, 1.54) is 21.7 Å². The molecule has 0 spiro atoms. The molecule has 1 aromatic heterocycles. The van der Waals surface area contributed by atoms with E-state index in [0.717, 1.165) is 39.4 Å². The summed E-state index contributed by atoms with van der Waals surface area (Å²) in [5, 5.41) is 12.1. The normalized spacial score (nSPS) is 13.2. The van der Waals surface area contributed by atoms with Crippen molar-refractivity contribution in [2.24, 2.45) is 4.99 Å². The molecule has 0 atom stereocenters. The number of fused-ring (bicyclic) bond motifs is 3. The molecule has 0 saturated heterocycles. The SMILES string of the molecule is CN(C(=NC=N)n1cc2c(n1)-c1cc(Br)ccc1OCC2)c1ccc(F)cc1F. The molecule has 2 aromatic carbocycles. The molecular formula is C20H16BrF2N5O. The van der Waals surface area contributed by atoms with Crippen molar-refractivity contribution >= 4 is 33.9 Å². The van der Waals surface area contributed by atoms with Crippen LogP contribution in [0, 0.1) is 17.0 Å². The summed E-state index contributed by atoms with van der Waals surface area (Å²) in [4.78, 5) is 5.48. The molecule has 1 N–H and O–H groups in total. The number of ether oxygens (including phenoxy) is 1. The topological polar surface area (TPSA) is 66.5 Å². The first-order chi connectivity index (χ1) is 14.0. The summed E-state index contributed by atoms with van der Waals surface area (Å²) in [5.41, 5.74) is 2.61. The molecule has 148 valence electrons. The lowest BCUT2D eigenvalue weighted by molar-refractivity contribution is 0.326. The fraction of sp³-hybridized carbons (Fsp3) is 0.150. The van der Waals surface area contributed by atoms with Crippen molar-refractivity contribution in [3.63, 3.8) is 0 Å². The molecule has 3 aromatic rings. The van der Waals surface area contributed by atoms with Crippen LogP contribution in [0.15, 0.2) is 52.1 Å². The molecule has 0 unspecified atom stereocenters. The highest BCUT2D eigenvalue weighted by Gasteiger charge is 2.23. The van der Waals surface area contributed by atoms with E-state index in [4.69, 9.17) is 10.1 Å². The molecule has 0 amide bonds. The molecule has 29 heavy (non-hydrogen) atoms. The van der Waals surface area contributed by atoms with E-state index in [1.54, 1.807) is 13.2 Å². The maximum Gasteiger partial charge on any atom is 0.232 e. The van der Waals surface area contributed by atoms with E-state index in [2.05, 4.69) is 26.0 Å². The van der Waals surface area contributed by atoms with Crippen LogP contribution in [0.1, 0.15) is 5.56 Å². The summed E-state index contributed by atoms with van der Waals surface area (Å²) in [6, 6.07) is 8.98. The molecule has 1 aliphatic heterocycles. The lowest BCUT2D eigenvalue weighted by atomic mass is 10.1. The number of aliphatic imine (C=N–C) groups is 1. The van der Waals surface area contributed by atoms with Gasteiger partial charge in [-0.05, 0) is 30.3 Å². The van der Waals surface area contributed by atoms with Gasteiger partial charge in [-0.25, -0.2) is 18.5 Å². The van der Waals surface area contributed by atoms with E-state index in [-0.39, 0.29) is 11.6 Å². The van der Waals surface area contributed by atoms with Gasteiger partial charge in [0.25, 0.3) is 0 Å². The van der Waals surface area contributed by atoms with Crippen molar-refractivity contribution in [3.8, 4) is 17.0 Å². The van der Waals surface area contributed by atoms with Gasteiger partial charge < -0.3 is 9.64 Å². The number of hydrogen-bond donors (Lipinski definition) is 1. The summed E-state index contributed by atoms with van der Waals surface area (Å²) in [6.07, 6.45) is 3.27. The van der Waals surface area contributed by atoms with Crippen LogP contribution in [0.2, 0.25) is 0 Å². The minimum Gasteiger partial charge on any atom is -0.493 e. The van der Waals surface area contributed by atoms with Crippen molar-refractivity contribution in [3.05, 3.63) is 64.3 Å². The number of nitrogens with zero attached hydrogens (tertiary/aromatic N) is 4. The lowest BCUT2D eigenvalue weighted by Gasteiger charge is -2.21. The first-order valence-electron chi connectivity index (χ1n) is 8.75.